The maximum atomic E-state index is 13.0. The largest absolute Gasteiger partial charge is 0.493 e. The van der Waals surface area contributed by atoms with Crippen molar-refractivity contribution < 1.29 is 23.7 Å². The van der Waals surface area contributed by atoms with Crippen LogP contribution in [0.1, 0.15) is 92.3 Å². The number of hydrogen-bond acceptors (Lipinski definition) is 5. The van der Waals surface area contributed by atoms with E-state index < -0.39 is 5.60 Å². The van der Waals surface area contributed by atoms with Gasteiger partial charge in [-0.25, -0.2) is 4.79 Å². The lowest BCUT2D eigenvalue weighted by molar-refractivity contribution is 0.0224. The summed E-state index contributed by atoms with van der Waals surface area (Å²) in [4.78, 5) is 13.0. The molecule has 0 unspecified atom stereocenters. The van der Waals surface area contributed by atoms with Crippen molar-refractivity contribution in [3.63, 3.8) is 0 Å². The van der Waals surface area contributed by atoms with Gasteiger partial charge < -0.3 is 18.9 Å². The molecular formula is C32H36O5. The van der Waals surface area contributed by atoms with Gasteiger partial charge in [-0.3, -0.25) is 0 Å². The fourth-order valence-electron chi connectivity index (χ4n) is 5.25. The molecule has 3 aromatic carbocycles. The molecule has 0 saturated carbocycles. The van der Waals surface area contributed by atoms with Gasteiger partial charge in [-0.1, -0.05) is 70.6 Å². The average Bonchev–Trinajstić information content (AvgIpc) is 3.21. The summed E-state index contributed by atoms with van der Waals surface area (Å²) in [5.74, 6) is 2.41. The Kier molecular flexibility index (Phi) is 7.68. The highest BCUT2D eigenvalue weighted by Gasteiger charge is 2.53. The summed E-state index contributed by atoms with van der Waals surface area (Å²) in [7, 11) is 0. The third kappa shape index (κ3) is 4.92. The van der Waals surface area contributed by atoms with Gasteiger partial charge in [0.15, 0.2) is 5.60 Å². The normalized spacial score (nSPS) is 14.4. The van der Waals surface area contributed by atoms with Gasteiger partial charge in [0.1, 0.15) is 23.0 Å². The van der Waals surface area contributed by atoms with Crippen LogP contribution in [-0.4, -0.2) is 19.2 Å². The average molecular weight is 501 g/mol. The monoisotopic (exact) mass is 500 g/mol. The Labute approximate surface area is 219 Å². The molecule has 5 heteroatoms. The number of unbranched alkanes of at least 4 members (excludes halogenated alkanes) is 6. The highest BCUT2D eigenvalue weighted by molar-refractivity contribution is 5.97. The van der Waals surface area contributed by atoms with Crippen LogP contribution in [0, 0.1) is 0 Å². The fraction of sp³-hybridized carbons (Fsp3) is 0.406. The van der Waals surface area contributed by atoms with E-state index in [0.717, 1.165) is 53.9 Å². The van der Waals surface area contributed by atoms with Gasteiger partial charge in [0, 0.05) is 28.8 Å². The molecule has 0 aromatic heterocycles. The standard InChI is InChI=1S/C32H36O5/c1-3-5-7-11-19-34-23-15-17-27-29(21-23)36-30-22-24(35-20-12-8-6-4-2)16-18-28(30)32(27)26-14-10-9-13-25(26)31(33)37-32/h9-10,13-18,21-22H,3-8,11-12,19-20H2,1-2H3. The maximum absolute atomic E-state index is 13.0. The van der Waals surface area contributed by atoms with Crippen molar-refractivity contribution in [2.45, 2.75) is 70.8 Å². The van der Waals surface area contributed by atoms with Crippen LogP contribution in [0.5, 0.6) is 23.0 Å². The van der Waals surface area contributed by atoms with E-state index in [-0.39, 0.29) is 5.97 Å². The molecule has 0 amide bonds. The van der Waals surface area contributed by atoms with Gasteiger partial charge in [-0.15, -0.1) is 0 Å². The molecule has 0 radical (unpaired) electrons. The molecule has 3 aromatic rings. The number of rotatable bonds is 12. The summed E-state index contributed by atoms with van der Waals surface area (Å²) < 4.78 is 24.8. The Morgan fingerprint density at radius 3 is 1.81 bits per heavy atom. The first-order chi connectivity index (χ1) is 18.2. The van der Waals surface area contributed by atoms with Crippen molar-refractivity contribution in [1.82, 2.24) is 0 Å². The number of fused-ring (bicyclic) bond motifs is 6. The molecule has 5 nitrogen and oxygen atoms in total. The van der Waals surface area contributed by atoms with Crippen LogP contribution in [0.25, 0.3) is 0 Å². The molecule has 1 spiro atoms. The molecule has 0 N–H and O–H groups in total. The smallest absolute Gasteiger partial charge is 0.340 e. The summed E-state index contributed by atoms with van der Waals surface area (Å²) in [6.07, 6.45) is 9.15. The maximum Gasteiger partial charge on any atom is 0.340 e. The van der Waals surface area contributed by atoms with Crippen LogP contribution in [0.15, 0.2) is 60.7 Å². The predicted molar refractivity (Wildman–Crippen MR) is 144 cm³/mol. The summed E-state index contributed by atoms with van der Waals surface area (Å²) in [6.45, 7) is 5.72. The van der Waals surface area contributed by atoms with Gasteiger partial charge in [0.25, 0.3) is 0 Å². The van der Waals surface area contributed by atoms with Crippen molar-refractivity contribution in [3.8, 4) is 23.0 Å². The van der Waals surface area contributed by atoms with Crippen LogP contribution in [0.4, 0.5) is 0 Å². The van der Waals surface area contributed by atoms with E-state index in [1.165, 1.54) is 25.7 Å². The molecule has 194 valence electrons. The summed E-state index contributed by atoms with van der Waals surface area (Å²) >= 11 is 0. The highest BCUT2D eigenvalue weighted by atomic mass is 16.6. The Morgan fingerprint density at radius 1 is 0.676 bits per heavy atom. The zero-order chi connectivity index (χ0) is 25.7. The Hall–Kier alpha value is -3.47. The van der Waals surface area contributed by atoms with Gasteiger partial charge in [-0.05, 0) is 43.2 Å². The number of ether oxygens (including phenoxy) is 4. The molecule has 2 aliphatic rings. The van der Waals surface area contributed by atoms with Crippen molar-refractivity contribution in [2.75, 3.05) is 13.2 Å². The van der Waals surface area contributed by atoms with Gasteiger partial charge in [-0.2, -0.15) is 0 Å². The number of carbonyl (C=O) groups excluding carboxylic acids is 1. The quantitative estimate of drug-likeness (QED) is 0.185. The number of hydrogen-bond donors (Lipinski definition) is 0. The Morgan fingerprint density at radius 2 is 1.24 bits per heavy atom. The van der Waals surface area contributed by atoms with Gasteiger partial charge >= 0.3 is 5.97 Å². The molecule has 0 saturated heterocycles. The van der Waals surface area contributed by atoms with Gasteiger partial charge in [0.05, 0.1) is 18.8 Å². The lowest BCUT2D eigenvalue weighted by atomic mass is 9.77. The second kappa shape index (κ2) is 11.3. The van der Waals surface area contributed by atoms with Crippen molar-refractivity contribution >= 4 is 5.97 Å². The van der Waals surface area contributed by atoms with Crippen molar-refractivity contribution in [1.29, 1.82) is 0 Å². The first-order valence-corrected chi connectivity index (χ1v) is 13.7. The van der Waals surface area contributed by atoms with Crippen LogP contribution < -0.4 is 14.2 Å². The molecule has 0 aliphatic carbocycles. The molecule has 37 heavy (non-hydrogen) atoms. The first-order valence-electron chi connectivity index (χ1n) is 13.7. The van der Waals surface area contributed by atoms with Gasteiger partial charge in [0.2, 0.25) is 0 Å². The van der Waals surface area contributed by atoms with E-state index in [9.17, 15) is 4.79 Å². The molecule has 5 rings (SSSR count). The van der Waals surface area contributed by atoms with Crippen molar-refractivity contribution in [3.05, 3.63) is 82.9 Å². The van der Waals surface area contributed by atoms with Crippen molar-refractivity contribution in [2.24, 2.45) is 0 Å². The van der Waals surface area contributed by atoms with Crippen LogP contribution in [0.3, 0.4) is 0 Å². The van der Waals surface area contributed by atoms with Crippen LogP contribution in [-0.2, 0) is 10.3 Å². The zero-order valence-electron chi connectivity index (χ0n) is 21.9. The van der Waals surface area contributed by atoms with E-state index in [0.29, 0.717) is 30.3 Å². The van der Waals surface area contributed by atoms with E-state index in [4.69, 9.17) is 18.9 Å². The molecule has 0 fully saturated rings. The lowest BCUT2D eigenvalue weighted by Crippen LogP contribution is -2.33. The highest BCUT2D eigenvalue weighted by Crippen LogP contribution is 2.57. The van der Waals surface area contributed by atoms with E-state index in [1.807, 2.05) is 60.7 Å². The summed E-state index contributed by atoms with van der Waals surface area (Å²) in [5.41, 5.74) is 1.92. The predicted octanol–water partition coefficient (Wildman–Crippen LogP) is 8.17. The molecular weight excluding hydrogens is 464 g/mol. The van der Waals surface area contributed by atoms with Crippen LogP contribution in [0.2, 0.25) is 0 Å². The minimum Gasteiger partial charge on any atom is -0.493 e. The molecule has 0 atom stereocenters. The summed E-state index contributed by atoms with van der Waals surface area (Å²) in [5, 5.41) is 0. The number of carbonyl (C=O) groups is 1. The topological polar surface area (TPSA) is 54.0 Å². The van der Waals surface area contributed by atoms with E-state index >= 15 is 0 Å². The van der Waals surface area contributed by atoms with E-state index in [1.54, 1.807) is 0 Å². The second-order valence-corrected chi connectivity index (χ2v) is 9.85. The molecule has 2 heterocycles. The number of benzene rings is 3. The van der Waals surface area contributed by atoms with Crippen LogP contribution >= 0.6 is 0 Å². The SMILES string of the molecule is CCCCCCOc1ccc2c(c1)Oc1cc(OCCCCCC)ccc1C21OC(=O)c2ccccc21. The first kappa shape index (κ1) is 25.2. The fourth-order valence-corrected chi connectivity index (χ4v) is 5.25. The van der Waals surface area contributed by atoms with E-state index in [2.05, 4.69) is 13.8 Å². The minimum atomic E-state index is -1.07. The number of esters is 1. The third-order valence-electron chi connectivity index (χ3n) is 7.19. The summed E-state index contributed by atoms with van der Waals surface area (Å²) in [6, 6.07) is 19.2. The third-order valence-corrected chi connectivity index (χ3v) is 7.19. The second-order valence-electron chi connectivity index (χ2n) is 9.85. The zero-order valence-corrected chi connectivity index (χ0v) is 21.9. The molecule has 0 bridgehead atoms. The minimum absolute atomic E-state index is 0.332. The Balaban J connectivity index is 1.49. The molecule has 2 aliphatic heterocycles. The Bertz CT molecular complexity index is 1180. The lowest BCUT2D eigenvalue weighted by Gasteiger charge is -2.36.